The van der Waals surface area contributed by atoms with E-state index in [9.17, 15) is 9.90 Å². The minimum absolute atomic E-state index is 0.0119. The second-order valence-electron chi connectivity index (χ2n) is 7.51. The Balaban J connectivity index is 1.76. The molecule has 0 spiro atoms. The molecule has 0 aromatic carbocycles. The van der Waals surface area contributed by atoms with Gasteiger partial charge in [0.25, 0.3) is 0 Å². The van der Waals surface area contributed by atoms with E-state index in [0.717, 1.165) is 12.8 Å². The minimum Gasteiger partial charge on any atom is -0.394 e. The zero-order chi connectivity index (χ0) is 16.4. The predicted octanol–water partition coefficient (Wildman–Crippen LogP) is 1.97. The van der Waals surface area contributed by atoms with Gasteiger partial charge in [0.05, 0.1) is 12.1 Å². The van der Waals surface area contributed by atoms with Gasteiger partial charge in [0.15, 0.2) is 5.82 Å². The van der Waals surface area contributed by atoms with E-state index in [2.05, 4.69) is 15.5 Å². The number of hydrogen-bond acceptors (Lipinski definition) is 5. The highest BCUT2D eigenvalue weighted by atomic mass is 16.5. The quantitative estimate of drug-likeness (QED) is 0.804. The van der Waals surface area contributed by atoms with Crippen LogP contribution in [0.2, 0.25) is 0 Å². The van der Waals surface area contributed by atoms with Gasteiger partial charge in [0.1, 0.15) is 0 Å². The van der Waals surface area contributed by atoms with Gasteiger partial charge in [-0.3, -0.25) is 4.79 Å². The van der Waals surface area contributed by atoms with Crippen LogP contribution in [0.25, 0.3) is 0 Å². The lowest BCUT2D eigenvalue weighted by Gasteiger charge is -2.28. The van der Waals surface area contributed by atoms with Crippen molar-refractivity contribution in [2.24, 2.45) is 5.92 Å². The summed E-state index contributed by atoms with van der Waals surface area (Å²) in [4.78, 5) is 16.4. The highest BCUT2D eigenvalue weighted by molar-refractivity contribution is 5.76. The van der Waals surface area contributed by atoms with E-state index in [1.807, 2.05) is 27.7 Å². The fourth-order valence-corrected chi connectivity index (χ4v) is 2.43. The second kappa shape index (κ2) is 6.36. The summed E-state index contributed by atoms with van der Waals surface area (Å²) < 4.78 is 5.21. The third kappa shape index (κ3) is 4.29. The molecule has 0 aliphatic heterocycles. The molecular formula is C16H27N3O3. The first kappa shape index (κ1) is 16.9. The molecule has 6 nitrogen and oxygen atoms in total. The largest absolute Gasteiger partial charge is 0.394 e. The molecule has 1 heterocycles. The topological polar surface area (TPSA) is 88.2 Å². The van der Waals surface area contributed by atoms with Crippen molar-refractivity contribution < 1.29 is 14.4 Å². The Labute approximate surface area is 131 Å². The van der Waals surface area contributed by atoms with E-state index in [1.54, 1.807) is 0 Å². The van der Waals surface area contributed by atoms with E-state index in [0.29, 0.717) is 36.9 Å². The lowest BCUT2D eigenvalue weighted by atomic mass is 9.96. The van der Waals surface area contributed by atoms with E-state index in [1.165, 1.54) is 0 Å². The number of carbonyl (C=O) groups excluding carboxylic acids is 1. The number of hydrogen-bond donors (Lipinski definition) is 2. The van der Waals surface area contributed by atoms with Crippen molar-refractivity contribution in [2.45, 2.75) is 70.8 Å². The van der Waals surface area contributed by atoms with Crippen LogP contribution in [0.4, 0.5) is 0 Å². The standard InChI is InChI=1S/C16H27N3O3/c1-15(2,3)14-17-13(22-19-14)7-5-6-12(21)18-16(4,10-20)11-8-9-11/h11,20H,5-10H2,1-4H3,(H,18,21). The number of carbonyl (C=O) groups is 1. The summed E-state index contributed by atoms with van der Waals surface area (Å²) in [6.45, 7) is 7.99. The van der Waals surface area contributed by atoms with Gasteiger partial charge in [-0.2, -0.15) is 4.98 Å². The van der Waals surface area contributed by atoms with E-state index < -0.39 is 5.54 Å². The number of aliphatic hydroxyl groups is 1. The van der Waals surface area contributed by atoms with Gasteiger partial charge in [-0.15, -0.1) is 0 Å². The summed E-state index contributed by atoms with van der Waals surface area (Å²) in [6, 6.07) is 0. The molecule has 1 fully saturated rings. The third-order valence-corrected chi connectivity index (χ3v) is 4.17. The number of nitrogens with zero attached hydrogens (tertiary/aromatic N) is 2. The molecule has 1 aliphatic rings. The van der Waals surface area contributed by atoms with Crippen LogP contribution in [0.1, 0.15) is 65.1 Å². The van der Waals surface area contributed by atoms with Crippen molar-refractivity contribution in [3.8, 4) is 0 Å². The summed E-state index contributed by atoms with van der Waals surface area (Å²) in [5.74, 6) is 1.64. The molecule has 1 aliphatic carbocycles. The molecule has 2 rings (SSSR count). The Bertz CT molecular complexity index is 517. The highest BCUT2D eigenvalue weighted by Crippen LogP contribution is 2.39. The molecule has 1 aromatic heterocycles. The molecule has 0 saturated heterocycles. The van der Waals surface area contributed by atoms with Crippen LogP contribution in [0, 0.1) is 5.92 Å². The SMILES string of the molecule is CC(C)(C)c1noc(CCCC(=O)NC(C)(CO)C2CC2)n1. The second-order valence-corrected chi connectivity index (χ2v) is 7.51. The number of aliphatic hydroxyl groups excluding tert-OH is 1. The summed E-state index contributed by atoms with van der Waals surface area (Å²) in [5, 5.41) is 16.4. The predicted molar refractivity (Wildman–Crippen MR) is 82.3 cm³/mol. The first-order valence-electron chi connectivity index (χ1n) is 7.99. The van der Waals surface area contributed by atoms with Crippen molar-refractivity contribution in [1.82, 2.24) is 15.5 Å². The normalized spacial score (nSPS) is 18.0. The van der Waals surface area contributed by atoms with Crippen LogP contribution in [0.15, 0.2) is 4.52 Å². The number of nitrogens with one attached hydrogen (secondary N) is 1. The lowest BCUT2D eigenvalue weighted by Crippen LogP contribution is -2.50. The molecule has 0 bridgehead atoms. The van der Waals surface area contributed by atoms with Gasteiger partial charge in [0.2, 0.25) is 11.8 Å². The summed E-state index contributed by atoms with van der Waals surface area (Å²) in [6.07, 6.45) is 3.80. The molecule has 0 radical (unpaired) electrons. The molecule has 1 saturated carbocycles. The molecule has 1 atom stereocenters. The molecular weight excluding hydrogens is 282 g/mol. The van der Waals surface area contributed by atoms with E-state index in [4.69, 9.17) is 4.52 Å². The van der Waals surface area contributed by atoms with Crippen LogP contribution < -0.4 is 5.32 Å². The van der Waals surface area contributed by atoms with Crippen molar-refractivity contribution >= 4 is 5.91 Å². The van der Waals surface area contributed by atoms with Crippen LogP contribution in [0.5, 0.6) is 0 Å². The molecule has 1 amide bonds. The number of amides is 1. The van der Waals surface area contributed by atoms with Gasteiger partial charge in [0, 0.05) is 18.3 Å². The molecule has 2 N–H and O–H groups in total. The maximum absolute atomic E-state index is 12.0. The average Bonchev–Trinajstić information content (AvgIpc) is 3.18. The zero-order valence-corrected chi connectivity index (χ0v) is 14.0. The minimum atomic E-state index is -0.471. The van der Waals surface area contributed by atoms with Crippen LogP contribution >= 0.6 is 0 Å². The zero-order valence-electron chi connectivity index (χ0n) is 14.0. The lowest BCUT2D eigenvalue weighted by molar-refractivity contribution is -0.123. The van der Waals surface area contributed by atoms with Crippen LogP contribution in [-0.4, -0.2) is 33.3 Å². The van der Waals surface area contributed by atoms with Gasteiger partial charge < -0.3 is 14.9 Å². The Morgan fingerprint density at radius 1 is 1.36 bits per heavy atom. The average molecular weight is 309 g/mol. The van der Waals surface area contributed by atoms with Gasteiger partial charge >= 0.3 is 0 Å². The summed E-state index contributed by atoms with van der Waals surface area (Å²) in [7, 11) is 0. The summed E-state index contributed by atoms with van der Waals surface area (Å²) >= 11 is 0. The first-order chi connectivity index (χ1) is 10.2. The van der Waals surface area contributed by atoms with Crippen LogP contribution in [-0.2, 0) is 16.6 Å². The Morgan fingerprint density at radius 3 is 2.55 bits per heavy atom. The molecule has 1 aromatic rings. The Hall–Kier alpha value is -1.43. The van der Waals surface area contributed by atoms with Crippen molar-refractivity contribution in [1.29, 1.82) is 0 Å². The maximum atomic E-state index is 12.0. The highest BCUT2D eigenvalue weighted by Gasteiger charge is 2.41. The van der Waals surface area contributed by atoms with Crippen LogP contribution in [0.3, 0.4) is 0 Å². The molecule has 6 heteroatoms. The number of rotatable bonds is 7. The van der Waals surface area contributed by atoms with Gasteiger partial charge in [-0.1, -0.05) is 25.9 Å². The maximum Gasteiger partial charge on any atom is 0.226 e. The first-order valence-corrected chi connectivity index (χ1v) is 7.99. The number of aromatic nitrogens is 2. The Kier molecular flexibility index (Phi) is 4.90. The third-order valence-electron chi connectivity index (χ3n) is 4.17. The number of aryl methyl sites for hydroxylation is 1. The Morgan fingerprint density at radius 2 is 2.05 bits per heavy atom. The van der Waals surface area contributed by atoms with Crippen molar-refractivity contribution in [3.05, 3.63) is 11.7 Å². The molecule has 124 valence electrons. The van der Waals surface area contributed by atoms with Gasteiger partial charge in [-0.05, 0) is 32.1 Å². The fourth-order valence-electron chi connectivity index (χ4n) is 2.43. The van der Waals surface area contributed by atoms with E-state index >= 15 is 0 Å². The molecule has 1 unspecified atom stereocenters. The summed E-state index contributed by atoms with van der Waals surface area (Å²) in [5.41, 5.74) is -0.604. The smallest absolute Gasteiger partial charge is 0.226 e. The van der Waals surface area contributed by atoms with Gasteiger partial charge in [-0.25, -0.2) is 0 Å². The van der Waals surface area contributed by atoms with E-state index in [-0.39, 0.29) is 17.9 Å². The monoisotopic (exact) mass is 309 g/mol. The fraction of sp³-hybridized carbons (Fsp3) is 0.812. The van der Waals surface area contributed by atoms with Crippen molar-refractivity contribution in [3.63, 3.8) is 0 Å². The van der Waals surface area contributed by atoms with Crippen molar-refractivity contribution in [2.75, 3.05) is 6.61 Å². The molecule has 22 heavy (non-hydrogen) atoms.